The molecule has 0 spiro atoms. The van der Waals surface area contributed by atoms with Crippen LogP contribution < -0.4 is 5.32 Å². The summed E-state index contributed by atoms with van der Waals surface area (Å²) in [7, 11) is 0. The number of hydrogen-bond donors (Lipinski definition) is 1. The Morgan fingerprint density at radius 2 is 2.18 bits per heavy atom. The van der Waals surface area contributed by atoms with Crippen molar-refractivity contribution in [3.63, 3.8) is 0 Å². The van der Waals surface area contributed by atoms with Crippen LogP contribution in [0.3, 0.4) is 0 Å². The van der Waals surface area contributed by atoms with E-state index in [0.29, 0.717) is 17.9 Å². The summed E-state index contributed by atoms with van der Waals surface area (Å²) in [5.74, 6) is -0.853. The van der Waals surface area contributed by atoms with Gasteiger partial charge in [0, 0.05) is 10.6 Å². The number of benzene rings is 1. The van der Waals surface area contributed by atoms with Gasteiger partial charge < -0.3 is 5.32 Å². The number of amides is 1. The molecule has 1 unspecified atom stereocenters. The molecule has 0 aliphatic heterocycles. The summed E-state index contributed by atoms with van der Waals surface area (Å²) in [5.41, 5.74) is -0.547. The highest BCUT2D eigenvalue weighted by Crippen LogP contribution is 2.43. The van der Waals surface area contributed by atoms with Gasteiger partial charge in [0.1, 0.15) is 17.7 Å². The molecule has 0 radical (unpaired) electrons. The number of halogens is 3. The van der Waals surface area contributed by atoms with Crippen LogP contribution in [-0.4, -0.2) is 26.1 Å². The first-order valence-corrected chi connectivity index (χ1v) is 7.38. The van der Waals surface area contributed by atoms with E-state index in [1.165, 1.54) is 23.1 Å². The van der Waals surface area contributed by atoms with Crippen molar-refractivity contribution >= 4 is 29.1 Å². The van der Waals surface area contributed by atoms with E-state index >= 15 is 0 Å². The first kappa shape index (κ1) is 15.2. The quantitative estimate of drug-likeness (QED) is 0.865. The highest BCUT2D eigenvalue weighted by atomic mass is 35.5. The minimum absolute atomic E-state index is 0.0785. The lowest BCUT2D eigenvalue weighted by atomic mass is 10.1. The van der Waals surface area contributed by atoms with Crippen LogP contribution in [0.2, 0.25) is 10.0 Å². The summed E-state index contributed by atoms with van der Waals surface area (Å²) >= 11 is 11.7. The van der Waals surface area contributed by atoms with E-state index in [-0.39, 0.29) is 16.5 Å². The van der Waals surface area contributed by atoms with Gasteiger partial charge in [-0.15, -0.1) is 5.10 Å². The number of tetrazole rings is 1. The first-order valence-electron chi connectivity index (χ1n) is 6.63. The van der Waals surface area contributed by atoms with Crippen LogP contribution in [0.25, 0.3) is 0 Å². The third-order valence-corrected chi connectivity index (χ3v) is 4.26. The van der Waals surface area contributed by atoms with Gasteiger partial charge in [0.2, 0.25) is 5.91 Å². The monoisotopic (exact) mass is 343 g/mol. The lowest BCUT2D eigenvalue weighted by molar-refractivity contribution is -0.126. The van der Waals surface area contributed by atoms with Gasteiger partial charge in [-0.3, -0.25) is 4.79 Å². The molecule has 3 rings (SSSR count). The van der Waals surface area contributed by atoms with Crippen molar-refractivity contribution in [2.75, 3.05) is 0 Å². The predicted molar refractivity (Wildman–Crippen MR) is 78.0 cm³/mol. The fourth-order valence-corrected chi connectivity index (χ4v) is 2.84. The Morgan fingerprint density at radius 1 is 1.45 bits per heavy atom. The van der Waals surface area contributed by atoms with Crippen LogP contribution in [0.4, 0.5) is 4.39 Å². The zero-order valence-electron chi connectivity index (χ0n) is 11.6. The van der Waals surface area contributed by atoms with E-state index in [2.05, 4.69) is 20.8 Å². The molecule has 1 amide bonds. The molecule has 1 saturated carbocycles. The third kappa shape index (κ3) is 2.55. The minimum atomic E-state index is -0.781. The largest absolute Gasteiger partial charge is 0.347 e. The van der Waals surface area contributed by atoms with Crippen molar-refractivity contribution < 1.29 is 9.18 Å². The highest BCUT2D eigenvalue weighted by Gasteiger charge is 2.53. The Hall–Kier alpha value is -1.73. The molecular formula is C13H12Cl2FN5O. The molecule has 0 bridgehead atoms. The van der Waals surface area contributed by atoms with Crippen LogP contribution in [-0.2, 0) is 10.3 Å². The number of rotatable bonds is 4. The van der Waals surface area contributed by atoms with Crippen molar-refractivity contribution in [1.29, 1.82) is 0 Å². The van der Waals surface area contributed by atoms with Crippen LogP contribution in [0.15, 0.2) is 18.5 Å². The molecular weight excluding hydrogens is 332 g/mol. The molecule has 1 aromatic carbocycles. The zero-order chi connectivity index (χ0) is 15.9. The minimum Gasteiger partial charge on any atom is -0.347 e. The van der Waals surface area contributed by atoms with E-state index in [1.807, 2.05) is 0 Å². The molecule has 9 heteroatoms. The van der Waals surface area contributed by atoms with Gasteiger partial charge in [-0.2, -0.15) is 0 Å². The van der Waals surface area contributed by atoms with Gasteiger partial charge in [-0.05, 0) is 42.3 Å². The lowest BCUT2D eigenvalue weighted by Gasteiger charge is -2.20. The molecule has 1 fully saturated rings. The molecule has 1 aromatic heterocycles. The van der Waals surface area contributed by atoms with Crippen molar-refractivity contribution in [3.05, 3.63) is 39.9 Å². The van der Waals surface area contributed by atoms with Crippen LogP contribution >= 0.6 is 23.2 Å². The summed E-state index contributed by atoms with van der Waals surface area (Å²) in [6.45, 7) is 1.67. The molecule has 1 aliphatic carbocycles. The standard InChI is InChI=1S/C13H12Cl2FN5O/c1-7(9-4-8(14)5-10(15)11(9)16)18-12(22)13(2-3-13)21-6-17-19-20-21/h4-7H,2-3H2,1H3,(H,18,22). The Kier molecular flexibility index (Phi) is 3.78. The van der Waals surface area contributed by atoms with Gasteiger partial charge in [-0.1, -0.05) is 23.2 Å². The maximum Gasteiger partial charge on any atom is 0.248 e. The van der Waals surface area contributed by atoms with Crippen LogP contribution in [0.5, 0.6) is 0 Å². The summed E-state index contributed by atoms with van der Waals surface area (Å²) < 4.78 is 15.5. The number of nitrogens with one attached hydrogen (secondary N) is 1. The maximum absolute atomic E-state index is 14.1. The molecule has 0 saturated heterocycles. The average Bonchev–Trinajstić information content (AvgIpc) is 3.10. The van der Waals surface area contributed by atoms with Crippen LogP contribution in [0, 0.1) is 5.82 Å². The average molecular weight is 344 g/mol. The normalized spacial score (nSPS) is 17.1. The fourth-order valence-electron chi connectivity index (χ4n) is 2.34. The Labute approximate surface area is 135 Å². The van der Waals surface area contributed by atoms with E-state index in [1.54, 1.807) is 6.92 Å². The summed E-state index contributed by atoms with van der Waals surface area (Å²) in [6, 6.07) is 2.18. The van der Waals surface area contributed by atoms with Gasteiger partial charge >= 0.3 is 0 Å². The second kappa shape index (κ2) is 5.48. The SMILES string of the molecule is CC(NC(=O)C1(n2cnnn2)CC1)c1cc(Cl)cc(Cl)c1F. The molecule has 116 valence electrons. The fraction of sp³-hybridized carbons (Fsp3) is 0.385. The smallest absolute Gasteiger partial charge is 0.248 e. The maximum atomic E-state index is 14.1. The molecule has 6 nitrogen and oxygen atoms in total. The topological polar surface area (TPSA) is 72.7 Å². The van der Waals surface area contributed by atoms with Gasteiger partial charge in [-0.25, -0.2) is 9.07 Å². The molecule has 1 aliphatic rings. The summed E-state index contributed by atoms with van der Waals surface area (Å²) in [4.78, 5) is 12.5. The Morgan fingerprint density at radius 3 is 2.77 bits per heavy atom. The Bertz CT molecular complexity index is 717. The predicted octanol–water partition coefficient (Wildman–Crippen LogP) is 2.49. The number of aromatic nitrogens is 4. The van der Waals surface area contributed by atoms with E-state index in [9.17, 15) is 9.18 Å². The second-order valence-electron chi connectivity index (χ2n) is 5.27. The molecule has 1 heterocycles. The van der Waals surface area contributed by atoms with E-state index in [4.69, 9.17) is 23.2 Å². The lowest BCUT2D eigenvalue weighted by Crippen LogP contribution is -2.40. The summed E-state index contributed by atoms with van der Waals surface area (Å²) in [5, 5.41) is 13.9. The van der Waals surface area contributed by atoms with E-state index < -0.39 is 17.4 Å². The number of carbonyl (C=O) groups is 1. The number of hydrogen-bond acceptors (Lipinski definition) is 4. The molecule has 2 aromatic rings. The van der Waals surface area contributed by atoms with Crippen molar-refractivity contribution in [2.45, 2.75) is 31.3 Å². The molecule has 1 atom stereocenters. The first-order chi connectivity index (χ1) is 10.4. The van der Waals surface area contributed by atoms with Crippen molar-refractivity contribution in [1.82, 2.24) is 25.5 Å². The van der Waals surface area contributed by atoms with Gasteiger partial charge in [0.05, 0.1) is 11.1 Å². The number of carbonyl (C=O) groups excluding carboxylic acids is 1. The molecule has 22 heavy (non-hydrogen) atoms. The highest BCUT2D eigenvalue weighted by molar-refractivity contribution is 6.34. The van der Waals surface area contributed by atoms with Crippen molar-refractivity contribution in [3.8, 4) is 0 Å². The van der Waals surface area contributed by atoms with Gasteiger partial charge in [0.25, 0.3) is 0 Å². The third-order valence-electron chi connectivity index (χ3n) is 3.77. The Balaban J connectivity index is 1.81. The second-order valence-corrected chi connectivity index (χ2v) is 6.12. The van der Waals surface area contributed by atoms with Gasteiger partial charge in [0.15, 0.2) is 0 Å². The number of nitrogens with zero attached hydrogens (tertiary/aromatic N) is 4. The summed E-state index contributed by atoms with van der Waals surface area (Å²) in [6.07, 6.45) is 2.67. The van der Waals surface area contributed by atoms with E-state index in [0.717, 1.165) is 0 Å². The zero-order valence-corrected chi connectivity index (χ0v) is 13.1. The van der Waals surface area contributed by atoms with Crippen molar-refractivity contribution in [2.24, 2.45) is 0 Å². The van der Waals surface area contributed by atoms with Crippen LogP contribution in [0.1, 0.15) is 31.4 Å². The molecule has 1 N–H and O–H groups in total.